The molecule has 0 saturated carbocycles. The summed E-state index contributed by atoms with van der Waals surface area (Å²) in [5.74, 6) is -0.118. The molecule has 2 aromatic rings. The molecule has 0 unspecified atom stereocenters. The van der Waals surface area contributed by atoms with Crippen molar-refractivity contribution in [2.45, 2.75) is 36.6 Å². The number of hydrogen-bond donors (Lipinski definition) is 2. The number of nitrogens with zero attached hydrogens (tertiary/aromatic N) is 4. The summed E-state index contributed by atoms with van der Waals surface area (Å²) in [6.07, 6.45) is 2.79. The number of carbonyl (C=O) groups excluding carboxylic acids is 2. The van der Waals surface area contributed by atoms with E-state index in [0.29, 0.717) is 10.8 Å². The summed E-state index contributed by atoms with van der Waals surface area (Å²) in [5.41, 5.74) is 1.39. The lowest BCUT2D eigenvalue weighted by molar-refractivity contribution is -0.120. The van der Waals surface area contributed by atoms with Crippen LogP contribution in [0.2, 0.25) is 0 Å². The van der Waals surface area contributed by atoms with Gasteiger partial charge in [-0.05, 0) is 41.5 Å². The van der Waals surface area contributed by atoms with E-state index in [-0.39, 0.29) is 17.1 Å². The number of amides is 2. The Kier molecular flexibility index (Phi) is 5.09. The van der Waals surface area contributed by atoms with E-state index in [0.717, 1.165) is 31.5 Å². The fourth-order valence-corrected chi connectivity index (χ4v) is 3.54. The van der Waals surface area contributed by atoms with Crippen LogP contribution >= 0.6 is 11.8 Å². The van der Waals surface area contributed by atoms with Gasteiger partial charge in [-0.1, -0.05) is 24.2 Å². The Bertz CT molecular complexity index is 747. The lowest BCUT2D eigenvalue weighted by atomic mass is 10.2. The first kappa shape index (κ1) is 16.4. The molecule has 9 heteroatoms. The van der Waals surface area contributed by atoms with Crippen LogP contribution in [-0.2, 0) is 9.59 Å². The van der Waals surface area contributed by atoms with E-state index in [1.54, 1.807) is 16.8 Å². The van der Waals surface area contributed by atoms with Crippen LogP contribution in [0.4, 0.5) is 5.69 Å². The monoisotopic (exact) mass is 346 g/mol. The van der Waals surface area contributed by atoms with E-state index >= 15 is 0 Å². The molecule has 1 aromatic carbocycles. The number of aromatic nitrogens is 4. The largest absolute Gasteiger partial charge is 0.355 e. The Morgan fingerprint density at radius 1 is 1.42 bits per heavy atom. The Morgan fingerprint density at radius 2 is 2.29 bits per heavy atom. The fraction of sp³-hybridized carbons (Fsp3) is 0.400. The van der Waals surface area contributed by atoms with Crippen molar-refractivity contribution in [1.82, 2.24) is 25.5 Å². The van der Waals surface area contributed by atoms with Crippen LogP contribution in [0.1, 0.15) is 26.2 Å². The zero-order chi connectivity index (χ0) is 16.9. The number of nitrogens with one attached hydrogen (secondary N) is 2. The fourth-order valence-electron chi connectivity index (χ4n) is 2.48. The van der Waals surface area contributed by atoms with Crippen molar-refractivity contribution < 1.29 is 9.59 Å². The first-order chi connectivity index (χ1) is 11.6. The lowest BCUT2D eigenvalue weighted by Gasteiger charge is -2.12. The van der Waals surface area contributed by atoms with Crippen LogP contribution in [0.15, 0.2) is 29.4 Å². The quantitative estimate of drug-likeness (QED) is 0.867. The first-order valence-electron chi connectivity index (χ1n) is 7.74. The topological polar surface area (TPSA) is 102 Å². The smallest absolute Gasteiger partial charge is 0.233 e. The molecule has 0 radical (unpaired) electrons. The summed E-state index contributed by atoms with van der Waals surface area (Å²) in [6, 6.07) is 7.24. The third-order valence-electron chi connectivity index (χ3n) is 3.58. The second-order valence-electron chi connectivity index (χ2n) is 5.50. The normalized spacial score (nSPS) is 17.9. The number of carbonyl (C=O) groups is 2. The van der Waals surface area contributed by atoms with Gasteiger partial charge in [0.15, 0.2) is 0 Å². The molecule has 3 rings (SSSR count). The minimum atomic E-state index is -0.198. The third kappa shape index (κ3) is 3.91. The number of anilines is 1. The SMILES string of the molecule is CC(=O)Nc1cccc(-n2nnnc2S[C@@H]2CCCCNC2=O)c1. The molecule has 1 saturated heterocycles. The molecule has 1 aliphatic rings. The van der Waals surface area contributed by atoms with Crippen LogP contribution in [0.25, 0.3) is 5.69 Å². The maximum atomic E-state index is 12.1. The molecule has 2 amide bonds. The summed E-state index contributed by atoms with van der Waals surface area (Å²) in [6.45, 7) is 2.18. The summed E-state index contributed by atoms with van der Waals surface area (Å²) in [7, 11) is 0. The molecule has 2 heterocycles. The second-order valence-corrected chi connectivity index (χ2v) is 6.67. The molecule has 0 spiro atoms. The van der Waals surface area contributed by atoms with Crippen LogP contribution in [0.3, 0.4) is 0 Å². The number of benzene rings is 1. The van der Waals surface area contributed by atoms with Gasteiger partial charge in [0.1, 0.15) is 0 Å². The first-order valence-corrected chi connectivity index (χ1v) is 8.62. The predicted molar refractivity (Wildman–Crippen MR) is 90.0 cm³/mol. The van der Waals surface area contributed by atoms with Gasteiger partial charge >= 0.3 is 0 Å². The van der Waals surface area contributed by atoms with Gasteiger partial charge in [-0.2, -0.15) is 4.68 Å². The third-order valence-corrected chi connectivity index (χ3v) is 4.78. The molecule has 126 valence electrons. The van der Waals surface area contributed by atoms with Gasteiger partial charge in [0.2, 0.25) is 17.0 Å². The minimum Gasteiger partial charge on any atom is -0.355 e. The van der Waals surface area contributed by atoms with E-state index in [9.17, 15) is 9.59 Å². The number of rotatable bonds is 4. The van der Waals surface area contributed by atoms with Crippen molar-refractivity contribution in [3.05, 3.63) is 24.3 Å². The number of thioether (sulfide) groups is 1. The standard InChI is InChI=1S/C15H18N6O2S/c1-10(22)17-11-5-4-6-12(9-11)21-15(18-19-20-21)24-13-7-2-3-8-16-14(13)23/h4-6,9,13H,2-3,7-8H2,1H3,(H,16,23)(H,17,22)/t13-/m1/s1. The van der Waals surface area contributed by atoms with Crippen molar-refractivity contribution in [2.24, 2.45) is 0 Å². The summed E-state index contributed by atoms with van der Waals surface area (Å²) >= 11 is 1.36. The summed E-state index contributed by atoms with van der Waals surface area (Å²) in [4.78, 5) is 23.3. The highest BCUT2D eigenvalue weighted by Gasteiger charge is 2.24. The Hall–Kier alpha value is -2.42. The maximum Gasteiger partial charge on any atom is 0.233 e. The van der Waals surface area contributed by atoms with Crippen LogP contribution in [0, 0.1) is 0 Å². The highest BCUT2D eigenvalue weighted by atomic mass is 32.2. The van der Waals surface area contributed by atoms with Crippen LogP contribution < -0.4 is 10.6 Å². The van der Waals surface area contributed by atoms with Crippen LogP contribution in [0.5, 0.6) is 0 Å². The Labute approximate surface area is 143 Å². The average molecular weight is 346 g/mol. The van der Waals surface area contributed by atoms with E-state index in [1.165, 1.54) is 18.7 Å². The van der Waals surface area contributed by atoms with Gasteiger partial charge in [0.05, 0.1) is 10.9 Å². The van der Waals surface area contributed by atoms with Crippen LogP contribution in [-0.4, -0.2) is 43.8 Å². The second kappa shape index (κ2) is 7.43. The molecule has 0 bridgehead atoms. The van der Waals surface area contributed by atoms with Gasteiger partial charge in [-0.25, -0.2) is 0 Å². The number of hydrogen-bond acceptors (Lipinski definition) is 6. The average Bonchev–Trinajstić information content (AvgIpc) is 2.91. The maximum absolute atomic E-state index is 12.1. The van der Waals surface area contributed by atoms with Crippen molar-refractivity contribution in [2.75, 3.05) is 11.9 Å². The zero-order valence-corrected chi connectivity index (χ0v) is 14.0. The Morgan fingerprint density at radius 3 is 3.12 bits per heavy atom. The summed E-state index contributed by atoms with van der Waals surface area (Å²) in [5, 5.41) is 17.8. The lowest BCUT2D eigenvalue weighted by Crippen LogP contribution is -2.30. The molecule has 1 aliphatic heterocycles. The minimum absolute atomic E-state index is 0.0269. The molecule has 1 atom stereocenters. The van der Waals surface area contributed by atoms with Gasteiger partial charge < -0.3 is 10.6 Å². The van der Waals surface area contributed by atoms with E-state index in [2.05, 4.69) is 26.2 Å². The molecular formula is C15H18N6O2S. The summed E-state index contributed by atoms with van der Waals surface area (Å²) < 4.78 is 1.58. The molecule has 1 fully saturated rings. The van der Waals surface area contributed by atoms with Crippen molar-refractivity contribution in [1.29, 1.82) is 0 Å². The van der Waals surface area contributed by atoms with E-state index in [1.807, 2.05) is 12.1 Å². The Balaban J connectivity index is 1.82. The molecule has 0 aliphatic carbocycles. The van der Waals surface area contributed by atoms with Crippen molar-refractivity contribution in [3.63, 3.8) is 0 Å². The van der Waals surface area contributed by atoms with Crippen molar-refractivity contribution in [3.8, 4) is 5.69 Å². The van der Waals surface area contributed by atoms with Crippen molar-refractivity contribution >= 4 is 29.3 Å². The van der Waals surface area contributed by atoms with Gasteiger partial charge in [-0.15, -0.1) is 5.10 Å². The molecular weight excluding hydrogens is 328 g/mol. The molecule has 2 N–H and O–H groups in total. The predicted octanol–water partition coefficient (Wildman–Crippen LogP) is 1.38. The molecule has 1 aromatic heterocycles. The van der Waals surface area contributed by atoms with Gasteiger partial charge in [-0.3, -0.25) is 9.59 Å². The zero-order valence-electron chi connectivity index (χ0n) is 13.2. The highest BCUT2D eigenvalue weighted by Crippen LogP contribution is 2.28. The highest BCUT2D eigenvalue weighted by molar-refractivity contribution is 8.00. The van der Waals surface area contributed by atoms with E-state index in [4.69, 9.17) is 0 Å². The van der Waals surface area contributed by atoms with E-state index < -0.39 is 0 Å². The van der Waals surface area contributed by atoms with Gasteiger partial charge in [0.25, 0.3) is 0 Å². The molecule has 8 nitrogen and oxygen atoms in total. The molecule has 24 heavy (non-hydrogen) atoms. The van der Waals surface area contributed by atoms with Gasteiger partial charge in [0, 0.05) is 19.2 Å². The number of tetrazole rings is 1.